The Morgan fingerprint density at radius 2 is 1.81 bits per heavy atom. The van der Waals surface area contributed by atoms with Gasteiger partial charge in [-0.2, -0.15) is 4.73 Å². The Kier molecular flexibility index (Phi) is 2.64. The highest BCUT2D eigenvalue weighted by atomic mass is 19.1. The minimum absolute atomic E-state index is 0.289. The largest absolute Gasteiger partial charge is 0.619 e. The maximum atomic E-state index is 12.7. The number of benzene rings is 1. The van der Waals surface area contributed by atoms with Gasteiger partial charge in [0.2, 0.25) is 0 Å². The number of carbonyl (C=O) groups is 1. The smallest absolute Gasteiger partial charge is 0.190 e. The third-order valence-electron chi connectivity index (χ3n) is 2.18. The van der Waals surface area contributed by atoms with Crippen molar-refractivity contribution in [2.24, 2.45) is 0 Å². The summed E-state index contributed by atoms with van der Waals surface area (Å²) in [4.78, 5) is 10.6. The molecule has 2 rings (SSSR count). The second kappa shape index (κ2) is 4.10. The van der Waals surface area contributed by atoms with Crippen molar-refractivity contribution in [3.8, 4) is 11.1 Å². The van der Waals surface area contributed by atoms with Crippen molar-refractivity contribution < 1.29 is 13.9 Å². The van der Waals surface area contributed by atoms with Crippen LogP contribution in [0.25, 0.3) is 11.1 Å². The van der Waals surface area contributed by atoms with Crippen LogP contribution in [-0.4, -0.2) is 6.29 Å². The van der Waals surface area contributed by atoms with Crippen molar-refractivity contribution in [1.82, 2.24) is 0 Å². The van der Waals surface area contributed by atoms with Gasteiger partial charge in [-0.25, -0.2) is 4.39 Å². The molecule has 0 aliphatic carbocycles. The van der Waals surface area contributed by atoms with E-state index in [4.69, 9.17) is 0 Å². The van der Waals surface area contributed by atoms with E-state index in [-0.39, 0.29) is 11.4 Å². The molecule has 0 atom stereocenters. The maximum absolute atomic E-state index is 12.7. The molecule has 80 valence electrons. The summed E-state index contributed by atoms with van der Waals surface area (Å²) in [5.74, 6) is -0.342. The minimum Gasteiger partial charge on any atom is -0.619 e. The highest BCUT2D eigenvalue weighted by Gasteiger charge is 2.05. The molecule has 0 aliphatic heterocycles. The summed E-state index contributed by atoms with van der Waals surface area (Å²) in [5.41, 5.74) is 1.56. The van der Waals surface area contributed by atoms with Crippen LogP contribution in [-0.2, 0) is 0 Å². The van der Waals surface area contributed by atoms with E-state index < -0.39 is 0 Å². The number of hydrogen-bond donors (Lipinski definition) is 0. The molecule has 0 fully saturated rings. The van der Waals surface area contributed by atoms with Crippen LogP contribution in [0.1, 0.15) is 10.4 Å². The van der Waals surface area contributed by atoms with Gasteiger partial charge in [-0.1, -0.05) is 12.1 Å². The van der Waals surface area contributed by atoms with Crippen LogP contribution in [0.15, 0.2) is 42.7 Å². The summed E-state index contributed by atoms with van der Waals surface area (Å²) in [6.07, 6.45) is 3.11. The fraction of sp³-hybridized carbons (Fsp3) is 0. The molecule has 0 unspecified atom stereocenters. The second-order valence-corrected chi connectivity index (χ2v) is 3.34. The lowest BCUT2D eigenvalue weighted by Crippen LogP contribution is -2.25. The number of pyridine rings is 1. The third kappa shape index (κ3) is 2.06. The first-order valence-electron chi connectivity index (χ1n) is 4.64. The fourth-order valence-electron chi connectivity index (χ4n) is 1.44. The van der Waals surface area contributed by atoms with Crippen LogP contribution in [0.3, 0.4) is 0 Å². The van der Waals surface area contributed by atoms with E-state index >= 15 is 0 Å². The molecular weight excluding hydrogens is 209 g/mol. The normalized spacial score (nSPS) is 10.1. The highest BCUT2D eigenvalue weighted by molar-refractivity contribution is 5.77. The molecule has 1 aromatic heterocycles. The fourth-order valence-corrected chi connectivity index (χ4v) is 1.44. The van der Waals surface area contributed by atoms with Crippen LogP contribution in [0.4, 0.5) is 4.39 Å². The zero-order valence-corrected chi connectivity index (χ0v) is 8.26. The number of rotatable bonds is 2. The van der Waals surface area contributed by atoms with Crippen molar-refractivity contribution in [2.75, 3.05) is 0 Å². The van der Waals surface area contributed by atoms with Gasteiger partial charge in [-0.3, -0.25) is 4.79 Å². The maximum Gasteiger partial charge on any atom is 0.190 e. The van der Waals surface area contributed by atoms with Crippen LogP contribution in [0.5, 0.6) is 0 Å². The monoisotopic (exact) mass is 217 g/mol. The van der Waals surface area contributed by atoms with Gasteiger partial charge in [-0.05, 0) is 23.8 Å². The van der Waals surface area contributed by atoms with Gasteiger partial charge in [-0.15, -0.1) is 0 Å². The first-order valence-corrected chi connectivity index (χ1v) is 4.64. The standard InChI is InChI=1S/C12H8FNO2/c13-12-3-1-10(2-4-12)11-5-9(8-15)6-14(16)7-11/h1-8H. The number of carbonyl (C=O) groups excluding carboxylic acids is 1. The average Bonchev–Trinajstić information content (AvgIpc) is 2.29. The van der Waals surface area contributed by atoms with Crippen LogP contribution < -0.4 is 4.73 Å². The Balaban J connectivity index is 2.51. The Hall–Kier alpha value is -2.23. The lowest BCUT2D eigenvalue weighted by atomic mass is 10.1. The SMILES string of the molecule is O=Cc1cc(-c2ccc(F)cc2)c[n+]([O-])c1. The molecule has 0 bridgehead atoms. The molecule has 2 aromatic rings. The topological polar surface area (TPSA) is 44.0 Å². The summed E-state index contributed by atoms with van der Waals surface area (Å²) in [6.45, 7) is 0. The molecule has 0 radical (unpaired) electrons. The lowest BCUT2D eigenvalue weighted by Gasteiger charge is -2.02. The molecule has 0 aliphatic rings. The predicted molar refractivity (Wildman–Crippen MR) is 56.2 cm³/mol. The van der Waals surface area contributed by atoms with Gasteiger partial charge in [0.05, 0.1) is 5.56 Å². The molecule has 16 heavy (non-hydrogen) atoms. The van der Waals surface area contributed by atoms with Crippen molar-refractivity contribution in [3.63, 3.8) is 0 Å². The van der Waals surface area contributed by atoms with Gasteiger partial charge < -0.3 is 5.21 Å². The number of aldehydes is 1. The predicted octanol–water partition coefficient (Wildman–Crippen LogP) is 1.94. The first-order chi connectivity index (χ1) is 7.69. The Bertz CT molecular complexity index is 523. The second-order valence-electron chi connectivity index (χ2n) is 3.34. The van der Waals surface area contributed by atoms with E-state index in [9.17, 15) is 14.4 Å². The quantitative estimate of drug-likeness (QED) is 0.438. The van der Waals surface area contributed by atoms with E-state index in [0.29, 0.717) is 22.1 Å². The molecule has 0 saturated heterocycles. The summed E-state index contributed by atoms with van der Waals surface area (Å²) in [7, 11) is 0. The van der Waals surface area contributed by atoms with E-state index in [1.165, 1.54) is 24.5 Å². The third-order valence-corrected chi connectivity index (χ3v) is 2.18. The number of aromatic nitrogens is 1. The molecule has 0 spiro atoms. The van der Waals surface area contributed by atoms with E-state index in [0.717, 1.165) is 0 Å². The summed E-state index contributed by atoms with van der Waals surface area (Å²) in [5, 5.41) is 11.2. The van der Waals surface area contributed by atoms with Gasteiger partial charge in [0.1, 0.15) is 5.82 Å². The van der Waals surface area contributed by atoms with Crippen molar-refractivity contribution in [3.05, 3.63) is 59.3 Å². The van der Waals surface area contributed by atoms with Gasteiger partial charge in [0.25, 0.3) is 0 Å². The molecule has 1 heterocycles. The Labute approximate surface area is 91.4 Å². The number of nitrogens with zero attached hydrogens (tertiary/aromatic N) is 1. The summed E-state index contributed by atoms with van der Waals surface area (Å²) in [6, 6.07) is 7.29. The average molecular weight is 217 g/mol. The Morgan fingerprint density at radius 1 is 1.12 bits per heavy atom. The van der Waals surface area contributed by atoms with E-state index in [2.05, 4.69) is 0 Å². The van der Waals surface area contributed by atoms with E-state index in [1.54, 1.807) is 18.2 Å². The molecule has 0 saturated carbocycles. The minimum atomic E-state index is -0.342. The first kappa shape index (κ1) is 10.3. The van der Waals surface area contributed by atoms with Gasteiger partial charge in [0, 0.05) is 5.56 Å². The molecule has 4 heteroatoms. The zero-order valence-electron chi connectivity index (χ0n) is 8.26. The van der Waals surface area contributed by atoms with Gasteiger partial charge in [0.15, 0.2) is 18.7 Å². The van der Waals surface area contributed by atoms with Crippen LogP contribution in [0.2, 0.25) is 0 Å². The number of halogens is 1. The molecule has 0 N–H and O–H groups in total. The van der Waals surface area contributed by atoms with Crippen LogP contribution >= 0.6 is 0 Å². The van der Waals surface area contributed by atoms with Crippen LogP contribution in [0, 0.1) is 11.0 Å². The lowest BCUT2D eigenvalue weighted by molar-refractivity contribution is -0.604. The van der Waals surface area contributed by atoms with Gasteiger partial charge >= 0.3 is 0 Å². The molecule has 0 amide bonds. The summed E-state index contributed by atoms with van der Waals surface area (Å²) < 4.78 is 13.3. The molecular formula is C12H8FNO2. The molecule has 3 nitrogen and oxygen atoms in total. The van der Waals surface area contributed by atoms with Crippen molar-refractivity contribution in [2.45, 2.75) is 0 Å². The number of hydrogen-bond acceptors (Lipinski definition) is 2. The summed E-state index contributed by atoms with van der Waals surface area (Å²) >= 11 is 0. The van der Waals surface area contributed by atoms with Crippen molar-refractivity contribution >= 4 is 6.29 Å². The Morgan fingerprint density at radius 3 is 2.44 bits per heavy atom. The highest BCUT2D eigenvalue weighted by Crippen LogP contribution is 2.18. The van der Waals surface area contributed by atoms with Crippen molar-refractivity contribution in [1.29, 1.82) is 0 Å². The van der Waals surface area contributed by atoms with E-state index in [1.807, 2.05) is 0 Å². The molecule has 1 aromatic carbocycles. The zero-order chi connectivity index (χ0) is 11.5.